The molecule has 11 rings (SSSR count). The fourth-order valence-electron chi connectivity index (χ4n) is 12.2. The van der Waals surface area contributed by atoms with E-state index in [9.17, 15) is 0 Å². The lowest BCUT2D eigenvalue weighted by atomic mass is 9.78. The average Bonchev–Trinajstić information content (AvgIpc) is 1.54. The topological polar surface area (TPSA) is 96.8 Å². The maximum Gasteiger partial charge on any atom is 0.340 e. The summed E-state index contributed by atoms with van der Waals surface area (Å²) in [4.78, 5) is 52.4. The van der Waals surface area contributed by atoms with Crippen LogP contribution in [-0.4, -0.2) is 123 Å². The van der Waals surface area contributed by atoms with E-state index in [4.69, 9.17) is 9.47 Å². The average molecular weight is 1240 g/mol. The summed E-state index contributed by atoms with van der Waals surface area (Å²) in [7, 11) is 27.8. The van der Waals surface area contributed by atoms with E-state index in [1.54, 1.807) is 20.2 Å². The zero-order valence-electron chi connectivity index (χ0n) is 56.3. The predicted octanol–water partition coefficient (Wildman–Crippen LogP) is 15.4. The van der Waals surface area contributed by atoms with Gasteiger partial charge in [0.1, 0.15) is 0 Å². The molecule has 0 N–H and O–H groups in total. The summed E-state index contributed by atoms with van der Waals surface area (Å²) in [6, 6.07) is 70.8. The van der Waals surface area contributed by atoms with Crippen molar-refractivity contribution in [2.24, 2.45) is 9.98 Å². The highest BCUT2D eigenvalue weighted by Gasteiger charge is 2.50. The molecule has 0 fully saturated rings. The maximum atomic E-state index is 15.6. The zero-order valence-corrected chi connectivity index (χ0v) is 56.3. The maximum absolute atomic E-state index is 15.6. The van der Waals surface area contributed by atoms with Crippen molar-refractivity contribution in [3.63, 3.8) is 0 Å². The number of anilines is 6. The molecular formula is C82H82N8O4. The third-order valence-electron chi connectivity index (χ3n) is 17.6. The number of fused-ring (bicyclic) bond motifs is 2. The van der Waals surface area contributed by atoms with E-state index in [-0.39, 0.29) is 11.1 Å². The fourth-order valence-corrected chi connectivity index (χ4v) is 12.2. The Kier molecular flexibility index (Phi) is 18.6. The van der Waals surface area contributed by atoms with E-state index in [2.05, 4.69) is 234 Å². The van der Waals surface area contributed by atoms with Gasteiger partial charge in [-0.15, -0.1) is 0 Å². The van der Waals surface area contributed by atoms with Crippen LogP contribution in [0.25, 0.3) is 22.3 Å². The minimum Gasteiger partial charge on any atom is -0.442 e. The molecule has 0 aliphatic carbocycles. The number of ether oxygens (including phenoxy) is 2. The van der Waals surface area contributed by atoms with Gasteiger partial charge >= 0.3 is 11.9 Å². The fraction of sp³-hybridized carbons (Fsp3) is 0.195. The highest BCUT2D eigenvalue weighted by atomic mass is 16.6. The number of benzene rings is 9. The van der Waals surface area contributed by atoms with Crippen LogP contribution >= 0.6 is 0 Å². The minimum atomic E-state index is -1.67. The van der Waals surface area contributed by atoms with Crippen LogP contribution in [0.1, 0.15) is 87.5 Å². The lowest BCUT2D eigenvalue weighted by Gasteiger charge is -2.29. The summed E-state index contributed by atoms with van der Waals surface area (Å²) in [5.74, 6) is -1.19. The van der Waals surface area contributed by atoms with Gasteiger partial charge < -0.3 is 38.9 Å². The summed E-state index contributed by atoms with van der Waals surface area (Å²) in [5, 5.41) is 0. The third kappa shape index (κ3) is 13.4. The van der Waals surface area contributed by atoms with E-state index >= 15 is 9.59 Å². The molecule has 0 saturated carbocycles. The van der Waals surface area contributed by atoms with Gasteiger partial charge in [0.25, 0.3) is 0 Å². The van der Waals surface area contributed by atoms with Crippen molar-refractivity contribution in [1.29, 1.82) is 0 Å². The summed E-state index contributed by atoms with van der Waals surface area (Å²) < 4.78 is 14.4. The van der Waals surface area contributed by atoms with Crippen LogP contribution < -0.4 is 29.4 Å². The van der Waals surface area contributed by atoms with E-state index in [1.165, 1.54) is 0 Å². The van der Waals surface area contributed by atoms with Gasteiger partial charge in [0.15, 0.2) is 11.2 Å². The highest BCUT2D eigenvalue weighted by molar-refractivity contribution is 6.04. The molecule has 12 heteroatoms. The van der Waals surface area contributed by atoms with Gasteiger partial charge in [-0.25, -0.2) is 9.59 Å². The molecule has 0 saturated heterocycles. The molecule has 0 spiro atoms. The second-order valence-electron chi connectivity index (χ2n) is 25.2. The first-order chi connectivity index (χ1) is 45.2. The molecule has 2 unspecified atom stereocenters. The van der Waals surface area contributed by atoms with E-state index in [0.717, 1.165) is 112 Å². The molecular weight excluding hydrogens is 1160 g/mol. The van der Waals surface area contributed by atoms with Gasteiger partial charge in [-0.1, -0.05) is 121 Å². The summed E-state index contributed by atoms with van der Waals surface area (Å²) in [6.07, 6.45) is 12.0. The Morgan fingerprint density at radius 3 is 0.670 bits per heavy atom. The van der Waals surface area contributed by atoms with E-state index in [1.807, 2.05) is 127 Å². The summed E-state index contributed by atoms with van der Waals surface area (Å²) in [6.45, 7) is 0. The van der Waals surface area contributed by atoms with E-state index in [0.29, 0.717) is 11.1 Å². The Bertz CT molecular complexity index is 4040. The third-order valence-corrected chi connectivity index (χ3v) is 17.6. The molecule has 2 aliphatic heterocycles. The van der Waals surface area contributed by atoms with Crippen molar-refractivity contribution in [3.8, 4) is 0 Å². The van der Waals surface area contributed by atoms with Crippen LogP contribution in [0.4, 0.5) is 34.1 Å². The Hall–Kier alpha value is -11.0. The van der Waals surface area contributed by atoms with Crippen molar-refractivity contribution >= 4 is 80.8 Å². The summed E-state index contributed by atoms with van der Waals surface area (Å²) >= 11 is 0. The number of carbonyl (C=O) groups excluding carboxylic acids is 2. The van der Waals surface area contributed by atoms with Gasteiger partial charge in [-0.2, -0.15) is 0 Å². The van der Waals surface area contributed by atoms with Gasteiger partial charge in [-0.3, -0.25) is 9.98 Å². The van der Waals surface area contributed by atoms with Crippen molar-refractivity contribution in [2.45, 2.75) is 11.2 Å². The van der Waals surface area contributed by atoms with Crippen LogP contribution in [0.2, 0.25) is 0 Å². The Labute approximate surface area is 554 Å². The molecule has 474 valence electrons. The molecule has 94 heavy (non-hydrogen) atoms. The number of hydrogen-bond acceptors (Lipinski definition) is 12. The summed E-state index contributed by atoms with van der Waals surface area (Å²) in [5.41, 5.74) is 16.5. The lowest BCUT2D eigenvalue weighted by molar-refractivity contribution is 0.0294. The van der Waals surface area contributed by atoms with Gasteiger partial charge in [0.05, 0.1) is 11.1 Å². The van der Waals surface area contributed by atoms with Crippen molar-refractivity contribution < 1.29 is 19.1 Å². The molecule has 9 aromatic carbocycles. The number of hydrogen-bond donors (Lipinski definition) is 0. The SMILES string of the molecule is CN=Cc1ccc(C(=CC2(C=C(c3ccc(N(C)C)cc3)c3ccc(N(C)C)cc3)OC(=O)c3cc4c(cc32)C(C=C(c2ccc(C=NC)cc2)c2ccc(N(C)C)cc2)(C=C(c2ccc(N(C)C)cc2)c2ccc(N(C)C)cc2)OC4=O)c2ccc(N(C)C)cc2)cc1. The van der Waals surface area contributed by atoms with Crippen molar-refractivity contribution in [3.05, 3.63) is 308 Å². The zero-order chi connectivity index (χ0) is 66.6. The van der Waals surface area contributed by atoms with E-state index < -0.39 is 23.1 Å². The second-order valence-corrected chi connectivity index (χ2v) is 25.2. The largest absolute Gasteiger partial charge is 0.442 e. The number of carbonyl (C=O) groups is 2. The number of aliphatic imine (C=N–C) groups is 2. The molecule has 0 bridgehead atoms. The number of rotatable bonds is 20. The lowest BCUT2D eigenvalue weighted by Crippen LogP contribution is -2.25. The Morgan fingerprint density at radius 1 is 0.298 bits per heavy atom. The smallest absolute Gasteiger partial charge is 0.340 e. The molecule has 9 aromatic rings. The minimum absolute atomic E-state index is 0.237. The van der Waals surface area contributed by atoms with Gasteiger partial charge in [0.2, 0.25) is 0 Å². The molecule has 2 atom stereocenters. The standard InChI is InChI=1S/C82H82N8O4/c1-83-53-55-15-19-57(20-16-55)73(59-23-35-65(36-24-59)85(3)4)49-81(51-75(61-27-39-67(40-28-61)87(7)8)62-29-41-68(42-30-62)88(9)10)77-48-78-72(47-71(77)79(91)93-81)80(92)94-82(78,50-74(58-21-17-56(18-22-58)54-84-2)60-25-37-66(38-26-60)86(5)6)52-76(63-31-43-69(44-32-63)89(11)12)64-33-45-70(46-34-64)90(13)14/h15-54H,1-14H3. The van der Waals surface area contributed by atoms with Crippen LogP contribution in [0.5, 0.6) is 0 Å². The molecule has 2 heterocycles. The highest BCUT2D eigenvalue weighted by Crippen LogP contribution is 2.52. The number of cyclic esters (lactones) is 2. The Balaban J connectivity index is 1.30. The molecule has 0 radical (unpaired) electrons. The molecule has 0 amide bonds. The van der Waals surface area contributed by atoms with Crippen LogP contribution in [0.15, 0.2) is 241 Å². The normalized spacial score (nSPS) is 15.9. The van der Waals surface area contributed by atoms with Crippen LogP contribution in [0.3, 0.4) is 0 Å². The Morgan fingerprint density at radius 2 is 0.489 bits per heavy atom. The molecule has 0 aromatic heterocycles. The molecule has 2 aliphatic rings. The predicted molar refractivity (Wildman–Crippen MR) is 393 cm³/mol. The second kappa shape index (κ2) is 27.1. The first-order valence-electron chi connectivity index (χ1n) is 31.5. The number of nitrogens with zero attached hydrogens (tertiary/aromatic N) is 8. The number of esters is 2. The monoisotopic (exact) mass is 1240 g/mol. The molecule has 12 nitrogen and oxygen atoms in total. The van der Waals surface area contributed by atoms with Gasteiger partial charge in [-0.05, 0) is 187 Å². The quantitative estimate of drug-likeness (QED) is 0.0542. The first-order valence-corrected chi connectivity index (χ1v) is 31.5. The van der Waals surface area contributed by atoms with Crippen molar-refractivity contribution in [2.75, 3.05) is 128 Å². The van der Waals surface area contributed by atoms with Gasteiger partial charge in [0, 0.05) is 156 Å². The van der Waals surface area contributed by atoms with Crippen LogP contribution in [-0.2, 0) is 20.7 Å². The first kappa shape index (κ1) is 64.5. The van der Waals surface area contributed by atoms with Crippen molar-refractivity contribution in [1.82, 2.24) is 0 Å². The van der Waals surface area contributed by atoms with Crippen LogP contribution in [0, 0.1) is 0 Å².